The zero-order valence-corrected chi connectivity index (χ0v) is 32.1. The predicted molar refractivity (Wildman–Crippen MR) is 187 cm³/mol. The summed E-state index contributed by atoms with van der Waals surface area (Å²) in [7, 11) is 1.20. The third kappa shape index (κ3) is 7.28. The van der Waals surface area contributed by atoms with Crippen LogP contribution in [0.2, 0.25) is 0 Å². The number of amides is 1. The van der Waals surface area contributed by atoms with Crippen molar-refractivity contribution < 1.29 is 49.4 Å². The van der Waals surface area contributed by atoms with Crippen LogP contribution in [0.1, 0.15) is 127 Å². The fourth-order valence-electron chi connectivity index (χ4n) is 11.2. The summed E-state index contributed by atoms with van der Waals surface area (Å²) >= 11 is 0. The highest BCUT2D eigenvalue weighted by Crippen LogP contribution is 2.72. The Labute approximate surface area is 298 Å². The Morgan fingerprint density at radius 3 is 2.20 bits per heavy atom. The van der Waals surface area contributed by atoms with Gasteiger partial charge in [-0.05, 0) is 101 Å². The molecular weight excluding hydrogens is 642 g/mol. The van der Waals surface area contributed by atoms with Crippen molar-refractivity contribution in [1.29, 1.82) is 0 Å². The number of carbonyl (C=O) groups excluding carboxylic acids is 3. The summed E-state index contributed by atoms with van der Waals surface area (Å²) in [6, 6.07) is 0. The molecule has 0 heterocycles. The van der Waals surface area contributed by atoms with Gasteiger partial charge in [-0.1, -0.05) is 52.7 Å². The van der Waals surface area contributed by atoms with Gasteiger partial charge in [0.05, 0.1) is 49.5 Å². The first kappa shape index (κ1) is 40.7. The topological polar surface area (TPSA) is 183 Å². The van der Waals surface area contributed by atoms with E-state index >= 15 is 0 Å². The second-order valence-corrected chi connectivity index (χ2v) is 18.4. The molecular formula is C39H65NO10. The molecule has 11 nitrogen and oxygen atoms in total. The van der Waals surface area contributed by atoms with E-state index in [0.717, 1.165) is 32.1 Å². The van der Waals surface area contributed by atoms with Crippen LogP contribution in [0, 0.1) is 39.4 Å². The number of esters is 2. The summed E-state index contributed by atoms with van der Waals surface area (Å²) in [5, 5.41) is 57.9. The fourth-order valence-corrected chi connectivity index (χ4v) is 11.2. The van der Waals surface area contributed by atoms with Crippen LogP contribution in [0.5, 0.6) is 0 Å². The Hall–Kier alpha value is -2.05. The SMILES string of the molecule is COC(=O)CNC(=O)CC(C)(O)CC(=O)O[C@H]1[C@H](O)C[C@]2(C)C3=C(CC[C@H]2C1(C)C)[C@]1(C)CC[C@H]([C@H](C)CCC(O)C(C)(C)O)[C@@]1(C)[C@@H](O)C3. The van der Waals surface area contributed by atoms with Crippen molar-refractivity contribution in [2.75, 3.05) is 13.7 Å². The molecule has 50 heavy (non-hydrogen) atoms. The standard InChI is InChI=1S/C39H65NO10/c1-22(11-14-28(42)35(4,5)47)23-15-16-38(8)24-12-13-27-34(2,3)33(26(41)18-37(27,7)25(24)17-29(43)39(23,38)9)50-31(45)20-36(6,48)19-30(44)40-21-32(46)49-10/h22-23,26-29,33,41-43,47-48H,11-21H2,1-10H3,(H,40,44)/t22-,23-,26-,27+,28?,29+,33+,36?,37-,38+,39+/m1/s1. The molecule has 11 atom stereocenters. The molecule has 11 heteroatoms. The molecule has 0 bridgehead atoms. The number of aliphatic hydroxyl groups is 5. The number of carbonyl (C=O) groups is 3. The minimum absolute atomic E-state index is 0.0548. The maximum Gasteiger partial charge on any atom is 0.325 e. The second-order valence-electron chi connectivity index (χ2n) is 18.4. The van der Waals surface area contributed by atoms with Crippen LogP contribution in [-0.2, 0) is 23.9 Å². The molecule has 1 amide bonds. The smallest absolute Gasteiger partial charge is 0.325 e. The van der Waals surface area contributed by atoms with Gasteiger partial charge in [0.1, 0.15) is 12.6 Å². The van der Waals surface area contributed by atoms with Gasteiger partial charge in [0, 0.05) is 10.8 Å². The molecule has 6 N–H and O–H groups in total. The molecule has 4 aliphatic carbocycles. The van der Waals surface area contributed by atoms with Crippen molar-refractivity contribution in [3.05, 3.63) is 11.1 Å². The lowest BCUT2D eigenvalue weighted by Crippen LogP contribution is -2.62. The zero-order chi connectivity index (χ0) is 37.8. The van der Waals surface area contributed by atoms with Crippen LogP contribution in [0.4, 0.5) is 0 Å². The Morgan fingerprint density at radius 1 is 0.960 bits per heavy atom. The lowest BCUT2D eigenvalue weighted by atomic mass is 9.42. The van der Waals surface area contributed by atoms with Gasteiger partial charge in [0.15, 0.2) is 0 Å². The summed E-state index contributed by atoms with van der Waals surface area (Å²) in [5.41, 5.74) is -1.88. The minimum Gasteiger partial charge on any atom is -0.468 e. The van der Waals surface area contributed by atoms with Gasteiger partial charge in [-0.15, -0.1) is 0 Å². The highest BCUT2D eigenvalue weighted by atomic mass is 16.6. The summed E-state index contributed by atoms with van der Waals surface area (Å²) in [6.45, 7) is 17.3. The fraction of sp³-hybridized carbons (Fsp3) is 0.872. The van der Waals surface area contributed by atoms with Gasteiger partial charge in [0.25, 0.3) is 0 Å². The third-order valence-corrected chi connectivity index (χ3v) is 14.2. The molecule has 0 aliphatic heterocycles. The van der Waals surface area contributed by atoms with Crippen molar-refractivity contribution in [1.82, 2.24) is 5.32 Å². The van der Waals surface area contributed by atoms with Gasteiger partial charge in [-0.25, -0.2) is 0 Å². The summed E-state index contributed by atoms with van der Waals surface area (Å²) in [5.74, 6) is -1.40. The van der Waals surface area contributed by atoms with E-state index in [1.807, 2.05) is 13.8 Å². The summed E-state index contributed by atoms with van der Waals surface area (Å²) < 4.78 is 10.5. The van der Waals surface area contributed by atoms with Gasteiger partial charge in [0.2, 0.25) is 5.91 Å². The van der Waals surface area contributed by atoms with Crippen LogP contribution in [0.3, 0.4) is 0 Å². The lowest BCUT2D eigenvalue weighted by Gasteiger charge is -2.64. The highest BCUT2D eigenvalue weighted by Gasteiger charge is 2.67. The predicted octanol–water partition coefficient (Wildman–Crippen LogP) is 3.96. The van der Waals surface area contributed by atoms with Crippen molar-refractivity contribution in [3.8, 4) is 0 Å². The molecule has 0 aromatic heterocycles. The Balaban J connectivity index is 1.52. The monoisotopic (exact) mass is 707 g/mol. The Kier molecular flexibility index (Phi) is 11.5. The van der Waals surface area contributed by atoms with Crippen LogP contribution >= 0.6 is 0 Å². The zero-order valence-electron chi connectivity index (χ0n) is 32.1. The Bertz CT molecular complexity index is 1330. The summed E-state index contributed by atoms with van der Waals surface area (Å²) in [4.78, 5) is 36.8. The number of fused-ring (bicyclic) bond motifs is 4. The first-order valence-electron chi connectivity index (χ1n) is 18.6. The number of nitrogens with one attached hydrogen (secondary N) is 1. The quantitative estimate of drug-likeness (QED) is 0.128. The second kappa shape index (κ2) is 14.1. The molecule has 2 fully saturated rings. The minimum atomic E-state index is -1.73. The number of ether oxygens (including phenoxy) is 2. The van der Waals surface area contributed by atoms with E-state index in [1.165, 1.54) is 25.2 Å². The van der Waals surface area contributed by atoms with Gasteiger partial charge in [-0.2, -0.15) is 0 Å². The van der Waals surface area contributed by atoms with Gasteiger partial charge < -0.3 is 40.3 Å². The van der Waals surface area contributed by atoms with E-state index in [9.17, 15) is 39.9 Å². The lowest BCUT2D eigenvalue weighted by molar-refractivity contribution is -0.198. The molecule has 2 saturated carbocycles. The average Bonchev–Trinajstić information content (AvgIpc) is 3.28. The molecule has 2 unspecified atom stereocenters. The largest absolute Gasteiger partial charge is 0.468 e. The van der Waals surface area contributed by atoms with Crippen LogP contribution < -0.4 is 5.32 Å². The van der Waals surface area contributed by atoms with E-state index in [-0.39, 0.29) is 35.1 Å². The van der Waals surface area contributed by atoms with Crippen molar-refractivity contribution in [2.24, 2.45) is 39.4 Å². The number of allylic oxidation sites excluding steroid dienone is 1. The highest BCUT2D eigenvalue weighted by molar-refractivity contribution is 5.83. The molecule has 4 rings (SSSR count). The number of aliphatic hydroxyl groups excluding tert-OH is 3. The Morgan fingerprint density at radius 2 is 1.60 bits per heavy atom. The maximum absolute atomic E-state index is 13.2. The first-order chi connectivity index (χ1) is 22.8. The normalized spacial score (nSPS) is 37.4. The molecule has 0 radical (unpaired) electrons. The van der Waals surface area contributed by atoms with Gasteiger partial charge >= 0.3 is 11.9 Å². The maximum atomic E-state index is 13.2. The molecule has 0 aromatic rings. The van der Waals surface area contributed by atoms with Crippen LogP contribution in [0.15, 0.2) is 11.1 Å². The van der Waals surface area contributed by atoms with Crippen LogP contribution in [0.25, 0.3) is 0 Å². The molecule has 0 spiro atoms. The molecule has 4 aliphatic rings. The third-order valence-electron chi connectivity index (χ3n) is 14.2. The number of hydrogen-bond acceptors (Lipinski definition) is 10. The van der Waals surface area contributed by atoms with Gasteiger partial charge in [-0.3, -0.25) is 14.4 Å². The molecule has 0 aromatic carbocycles. The number of rotatable bonds is 12. The van der Waals surface area contributed by atoms with E-state index in [2.05, 4.69) is 37.7 Å². The summed E-state index contributed by atoms with van der Waals surface area (Å²) in [6.07, 6.45) is 1.72. The van der Waals surface area contributed by atoms with E-state index in [0.29, 0.717) is 19.3 Å². The molecule has 286 valence electrons. The van der Waals surface area contributed by atoms with E-state index in [1.54, 1.807) is 13.8 Å². The first-order valence-corrected chi connectivity index (χ1v) is 18.6. The van der Waals surface area contributed by atoms with Crippen LogP contribution in [-0.4, -0.2) is 92.7 Å². The number of methoxy groups -OCH3 is 1. The van der Waals surface area contributed by atoms with E-state index in [4.69, 9.17) is 4.74 Å². The molecule has 0 saturated heterocycles. The van der Waals surface area contributed by atoms with Crippen molar-refractivity contribution in [3.63, 3.8) is 0 Å². The average molecular weight is 708 g/mol. The van der Waals surface area contributed by atoms with E-state index < -0.39 is 77.1 Å². The van der Waals surface area contributed by atoms with Crippen molar-refractivity contribution >= 4 is 17.8 Å². The van der Waals surface area contributed by atoms with Crippen molar-refractivity contribution in [2.45, 2.75) is 162 Å². The number of hydrogen-bond donors (Lipinski definition) is 6.